The Morgan fingerprint density at radius 3 is 2.90 bits per heavy atom. The molecule has 0 heterocycles. The van der Waals surface area contributed by atoms with Crippen LogP contribution in [-0.2, 0) is 0 Å². The standard InChI is InChI=1S/C10H13/c1-2-6-10-8-4-3-7-9(10)5-1/h1-2,7H,3-6,8H2. The fraction of sp³-hybridized carbons (Fsp3) is 0.500. The minimum absolute atomic E-state index is 1.20. The van der Waals surface area contributed by atoms with Crippen LogP contribution in [0.15, 0.2) is 23.3 Å². The third-order valence-electron chi connectivity index (χ3n) is 2.40. The normalized spacial score (nSPS) is 24.8. The summed E-state index contributed by atoms with van der Waals surface area (Å²) in [6.07, 6.45) is 13.5. The van der Waals surface area contributed by atoms with Crippen LogP contribution >= 0.6 is 0 Å². The Kier molecular flexibility index (Phi) is 1.62. The number of hydrogen-bond donors (Lipinski definition) is 0. The van der Waals surface area contributed by atoms with E-state index in [0.29, 0.717) is 0 Å². The van der Waals surface area contributed by atoms with Crippen molar-refractivity contribution in [2.45, 2.75) is 32.1 Å². The Labute approximate surface area is 62.6 Å². The fourth-order valence-electron chi connectivity index (χ4n) is 1.79. The van der Waals surface area contributed by atoms with Gasteiger partial charge in [0, 0.05) is 0 Å². The molecule has 0 saturated carbocycles. The quantitative estimate of drug-likeness (QED) is 0.445. The maximum Gasteiger partial charge on any atom is -0.0131 e. The Balaban J connectivity index is 2.17. The molecule has 0 nitrogen and oxygen atoms in total. The Morgan fingerprint density at radius 2 is 2.00 bits per heavy atom. The molecule has 0 spiro atoms. The van der Waals surface area contributed by atoms with Crippen molar-refractivity contribution in [3.05, 3.63) is 29.7 Å². The van der Waals surface area contributed by atoms with Crippen LogP contribution < -0.4 is 0 Å². The zero-order chi connectivity index (χ0) is 6.81. The summed E-state index contributed by atoms with van der Waals surface area (Å²) in [7, 11) is 0. The minimum Gasteiger partial charge on any atom is -0.0841 e. The topological polar surface area (TPSA) is 0 Å². The van der Waals surface area contributed by atoms with Gasteiger partial charge in [0.25, 0.3) is 0 Å². The van der Waals surface area contributed by atoms with Crippen molar-refractivity contribution in [1.82, 2.24) is 0 Å². The highest BCUT2D eigenvalue weighted by Gasteiger charge is 2.12. The first kappa shape index (κ1) is 6.21. The highest BCUT2D eigenvalue weighted by molar-refractivity contribution is 5.31. The molecule has 0 aromatic rings. The molecule has 10 heavy (non-hydrogen) atoms. The molecule has 2 aliphatic rings. The second-order valence-electron chi connectivity index (χ2n) is 3.10. The molecule has 0 saturated heterocycles. The third kappa shape index (κ3) is 1.03. The summed E-state index contributed by atoms with van der Waals surface area (Å²) in [5.74, 6) is 0. The van der Waals surface area contributed by atoms with Crippen LogP contribution in [0.1, 0.15) is 32.1 Å². The number of rotatable bonds is 0. The van der Waals surface area contributed by atoms with Crippen LogP contribution in [0.3, 0.4) is 0 Å². The molecular formula is C10H13. The maximum absolute atomic E-state index is 2.42. The van der Waals surface area contributed by atoms with E-state index in [1.807, 2.05) is 0 Å². The molecule has 2 aliphatic carbocycles. The second-order valence-corrected chi connectivity index (χ2v) is 3.10. The van der Waals surface area contributed by atoms with E-state index in [1.54, 1.807) is 11.1 Å². The molecule has 0 aromatic heterocycles. The summed E-state index contributed by atoms with van der Waals surface area (Å²) in [6, 6.07) is 0. The summed E-state index contributed by atoms with van der Waals surface area (Å²) in [5.41, 5.74) is 3.34. The summed E-state index contributed by atoms with van der Waals surface area (Å²) in [4.78, 5) is 0. The number of hydrogen-bond acceptors (Lipinski definition) is 0. The average molecular weight is 133 g/mol. The average Bonchev–Trinajstić information content (AvgIpc) is 2.05. The molecule has 0 unspecified atom stereocenters. The van der Waals surface area contributed by atoms with Crippen molar-refractivity contribution in [1.29, 1.82) is 0 Å². The van der Waals surface area contributed by atoms with E-state index in [1.165, 1.54) is 32.1 Å². The number of allylic oxidation sites excluding steroid dienone is 4. The lowest BCUT2D eigenvalue weighted by atomic mass is 9.85. The van der Waals surface area contributed by atoms with Crippen molar-refractivity contribution < 1.29 is 0 Å². The van der Waals surface area contributed by atoms with Crippen LogP contribution in [0.4, 0.5) is 0 Å². The van der Waals surface area contributed by atoms with Crippen LogP contribution in [0.25, 0.3) is 0 Å². The van der Waals surface area contributed by atoms with Crippen LogP contribution in [0.2, 0.25) is 0 Å². The van der Waals surface area contributed by atoms with Gasteiger partial charge >= 0.3 is 0 Å². The molecule has 0 bridgehead atoms. The summed E-state index contributed by atoms with van der Waals surface area (Å²) in [5, 5.41) is 0. The van der Waals surface area contributed by atoms with Crippen LogP contribution in [0.5, 0.6) is 0 Å². The van der Waals surface area contributed by atoms with E-state index in [2.05, 4.69) is 18.6 Å². The van der Waals surface area contributed by atoms with Gasteiger partial charge in [0.1, 0.15) is 0 Å². The predicted octanol–water partition coefficient (Wildman–Crippen LogP) is 3.02. The van der Waals surface area contributed by atoms with Gasteiger partial charge in [-0.15, -0.1) is 0 Å². The van der Waals surface area contributed by atoms with E-state index >= 15 is 0 Å². The molecule has 0 atom stereocenters. The molecule has 0 aromatic carbocycles. The molecule has 2 rings (SSSR count). The lowest BCUT2D eigenvalue weighted by Crippen LogP contribution is -2.02. The van der Waals surface area contributed by atoms with Gasteiger partial charge in [-0.05, 0) is 38.5 Å². The molecule has 53 valence electrons. The van der Waals surface area contributed by atoms with Gasteiger partial charge in [-0.1, -0.05) is 23.3 Å². The lowest BCUT2D eigenvalue weighted by molar-refractivity contribution is 0.727. The molecule has 0 N–H and O–H groups in total. The van der Waals surface area contributed by atoms with Crippen molar-refractivity contribution in [3.63, 3.8) is 0 Å². The third-order valence-corrected chi connectivity index (χ3v) is 2.40. The predicted molar refractivity (Wildman–Crippen MR) is 43.6 cm³/mol. The summed E-state index contributed by atoms with van der Waals surface area (Å²) in [6.45, 7) is 0. The van der Waals surface area contributed by atoms with E-state index in [0.717, 1.165) is 0 Å². The first-order chi connectivity index (χ1) is 4.97. The maximum atomic E-state index is 2.42. The molecular weight excluding hydrogens is 120 g/mol. The Bertz CT molecular complexity index is 164. The highest BCUT2D eigenvalue weighted by Crippen LogP contribution is 2.31. The SMILES string of the molecule is [CH]1CCCC2=C1CC=CC2. The fourth-order valence-corrected chi connectivity index (χ4v) is 1.79. The van der Waals surface area contributed by atoms with Gasteiger partial charge in [-0.3, -0.25) is 0 Å². The van der Waals surface area contributed by atoms with E-state index in [9.17, 15) is 0 Å². The van der Waals surface area contributed by atoms with E-state index < -0.39 is 0 Å². The van der Waals surface area contributed by atoms with Crippen LogP contribution in [-0.4, -0.2) is 0 Å². The van der Waals surface area contributed by atoms with Gasteiger partial charge in [0.05, 0.1) is 0 Å². The minimum atomic E-state index is 1.20. The highest BCUT2D eigenvalue weighted by atomic mass is 14.2. The molecule has 0 aliphatic heterocycles. The molecule has 0 fully saturated rings. The van der Waals surface area contributed by atoms with Gasteiger partial charge in [-0.25, -0.2) is 0 Å². The molecule has 0 heteroatoms. The lowest BCUT2D eigenvalue weighted by Gasteiger charge is -2.20. The van der Waals surface area contributed by atoms with Gasteiger partial charge in [0.15, 0.2) is 0 Å². The largest absolute Gasteiger partial charge is 0.0841 e. The van der Waals surface area contributed by atoms with Crippen molar-refractivity contribution >= 4 is 0 Å². The van der Waals surface area contributed by atoms with E-state index in [4.69, 9.17) is 0 Å². The zero-order valence-corrected chi connectivity index (χ0v) is 6.27. The van der Waals surface area contributed by atoms with Crippen molar-refractivity contribution in [2.24, 2.45) is 0 Å². The molecule has 1 radical (unpaired) electrons. The van der Waals surface area contributed by atoms with Gasteiger partial charge in [0.2, 0.25) is 0 Å². The Hall–Kier alpha value is -0.520. The van der Waals surface area contributed by atoms with E-state index in [-0.39, 0.29) is 0 Å². The smallest absolute Gasteiger partial charge is 0.0131 e. The van der Waals surface area contributed by atoms with Crippen LogP contribution in [0, 0.1) is 6.42 Å². The van der Waals surface area contributed by atoms with Gasteiger partial charge in [-0.2, -0.15) is 0 Å². The van der Waals surface area contributed by atoms with Crippen molar-refractivity contribution in [3.8, 4) is 0 Å². The zero-order valence-electron chi connectivity index (χ0n) is 6.27. The Morgan fingerprint density at radius 1 is 1.10 bits per heavy atom. The second kappa shape index (κ2) is 2.61. The monoisotopic (exact) mass is 133 g/mol. The summed E-state index contributed by atoms with van der Waals surface area (Å²) >= 11 is 0. The first-order valence-electron chi connectivity index (χ1n) is 4.16. The van der Waals surface area contributed by atoms with Gasteiger partial charge < -0.3 is 0 Å². The molecule has 0 amide bonds. The first-order valence-corrected chi connectivity index (χ1v) is 4.16. The summed E-state index contributed by atoms with van der Waals surface area (Å²) < 4.78 is 0. The van der Waals surface area contributed by atoms with Crippen molar-refractivity contribution in [2.75, 3.05) is 0 Å².